The molecule has 0 radical (unpaired) electrons. The van der Waals surface area contributed by atoms with E-state index in [-0.39, 0.29) is 5.91 Å². The van der Waals surface area contributed by atoms with Crippen LogP contribution in [0.2, 0.25) is 0 Å². The van der Waals surface area contributed by atoms with Crippen molar-refractivity contribution in [1.29, 1.82) is 0 Å². The van der Waals surface area contributed by atoms with E-state index in [0.717, 1.165) is 30.0 Å². The van der Waals surface area contributed by atoms with Gasteiger partial charge in [0.25, 0.3) is 5.91 Å². The zero-order chi connectivity index (χ0) is 17.6. The van der Waals surface area contributed by atoms with Crippen molar-refractivity contribution in [2.75, 3.05) is 26.2 Å². The lowest BCUT2D eigenvalue weighted by Gasteiger charge is -2.30. The molecule has 0 spiro atoms. The van der Waals surface area contributed by atoms with Gasteiger partial charge in [0, 0.05) is 49.9 Å². The number of carbonyl (C=O) groups excluding carboxylic acids is 1. The fourth-order valence-corrected chi connectivity index (χ4v) is 3.39. The molecule has 3 heterocycles. The van der Waals surface area contributed by atoms with Gasteiger partial charge in [-0.15, -0.1) is 0 Å². The maximum atomic E-state index is 12.4. The minimum Gasteiger partial charge on any atom is -0.352 e. The molecular weight excluding hydrogens is 314 g/mol. The number of hydrogen-bond acceptors (Lipinski definition) is 4. The average molecular weight is 341 g/mol. The summed E-state index contributed by atoms with van der Waals surface area (Å²) in [4.78, 5) is 19.1. The highest BCUT2D eigenvalue weighted by molar-refractivity contribution is 5.94. The Bertz CT molecular complexity index is 711. The minimum atomic E-state index is -0.0646. The van der Waals surface area contributed by atoms with Gasteiger partial charge in [-0.3, -0.25) is 14.5 Å². The Morgan fingerprint density at radius 1 is 1.32 bits per heavy atom. The summed E-state index contributed by atoms with van der Waals surface area (Å²) >= 11 is 0. The van der Waals surface area contributed by atoms with E-state index in [2.05, 4.69) is 27.2 Å². The molecule has 1 N–H and O–H groups in total. The predicted octanol–water partition coefficient (Wildman–Crippen LogP) is 2.33. The topological polar surface area (TPSA) is 63.1 Å². The second-order valence-electron chi connectivity index (χ2n) is 7.02. The largest absolute Gasteiger partial charge is 0.352 e. The van der Waals surface area contributed by atoms with Gasteiger partial charge in [-0.1, -0.05) is 6.92 Å². The number of likely N-dealkylation sites (tertiary alicyclic amines) is 1. The molecule has 6 heteroatoms. The summed E-state index contributed by atoms with van der Waals surface area (Å²) < 4.78 is 1.74. The molecule has 3 rings (SSSR count). The van der Waals surface area contributed by atoms with Crippen LogP contribution >= 0.6 is 0 Å². The second kappa shape index (κ2) is 8.25. The zero-order valence-corrected chi connectivity index (χ0v) is 15.1. The minimum absolute atomic E-state index is 0.0646. The van der Waals surface area contributed by atoms with Crippen LogP contribution in [0, 0.1) is 5.92 Å². The Labute approximate surface area is 149 Å². The molecule has 1 fully saturated rings. The fourth-order valence-electron chi connectivity index (χ4n) is 3.39. The summed E-state index contributed by atoms with van der Waals surface area (Å²) in [6.07, 6.45) is 10.7. The molecule has 1 aliphatic heterocycles. The normalized spacial score (nSPS) is 18.2. The Hall–Kier alpha value is -2.21. The van der Waals surface area contributed by atoms with E-state index < -0.39 is 0 Å². The van der Waals surface area contributed by atoms with E-state index in [1.54, 1.807) is 23.3 Å². The van der Waals surface area contributed by atoms with Crippen molar-refractivity contribution in [2.45, 2.75) is 26.2 Å². The molecule has 25 heavy (non-hydrogen) atoms. The molecule has 2 aromatic heterocycles. The van der Waals surface area contributed by atoms with E-state index >= 15 is 0 Å². The molecule has 0 saturated carbocycles. The van der Waals surface area contributed by atoms with Crippen molar-refractivity contribution in [3.8, 4) is 11.1 Å². The zero-order valence-electron chi connectivity index (χ0n) is 15.1. The lowest BCUT2D eigenvalue weighted by Crippen LogP contribution is -2.36. The molecule has 1 saturated heterocycles. The van der Waals surface area contributed by atoms with Gasteiger partial charge in [0.15, 0.2) is 0 Å². The molecular formula is C19H27N5O. The smallest absolute Gasteiger partial charge is 0.252 e. The van der Waals surface area contributed by atoms with Crippen molar-refractivity contribution < 1.29 is 4.79 Å². The van der Waals surface area contributed by atoms with Crippen LogP contribution in [0.3, 0.4) is 0 Å². The lowest BCUT2D eigenvalue weighted by atomic mass is 10.0. The summed E-state index contributed by atoms with van der Waals surface area (Å²) in [5.74, 6) is 0.731. The first-order valence-corrected chi connectivity index (χ1v) is 9.06. The van der Waals surface area contributed by atoms with Gasteiger partial charge in [-0.05, 0) is 44.3 Å². The first-order valence-electron chi connectivity index (χ1n) is 9.06. The number of amides is 1. The number of hydrogen-bond donors (Lipinski definition) is 1. The lowest BCUT2D eigenvalue weighted by molar-refractivity contribution is 0.0949. The van der Waals surface area contributed by atoms with E-state index in [4.69, 9.17) is 0 Å². The van der Waals surface area contributed by atoms with Crippen molar-refractivity contribution in [2.24, 2.45) is 13.0 Å². The molecule has 0 bridgehead atoms. The summed E-state index contributed by atoms with van der Waals surface area (Å²) in [6.45, 7) is 6.44. The van der Waals surface area contributed by atoms with E-state index in [1.807, 2.05) is 19.3 Å². The van der Waals surface area contributed by atoms with Gasteiger partial charge >= 0.3 is 0 Å². The Morgan fingerprint density at radius 2 is 2.20 bits per heavy atom. The highest BCUT2D eigenvalue weighted by atomic mass is 16.1. The molecule has 6 nitrogen and oxygen atoms in total. The van der Waals surface area contributed by atoms with Crippen molar-refractivity contribution in [1.82, 2.24) is 25.0 Å². The number of nitrogens with zero attached hydrogens (tertiary/aromatic N) is 4. The standard InChI is InChI=1S/C19H27N5O/c1-15-5-3-7-24(13-15)8-4-6-21-19(25)17-9-16(10-20-11-17)18-12-22-23(2)14-18/h9-12,14-15H,3-8,13H2,1-2H3,(H,21,25)/t15-/m1/s1. The van der Waals surface area contributed by atoms with Crippen molar-refractivity contribution >= 4 is 5.91 Å². The summed E-state index contributed by atoms with van der Waals surface area (Å²) in [5.41, 5.74) is 2.46. The molecule has 0 unspecified atom stereocenters. The number of carbonyl (C=O) groups is 1. The quantitative estimate of drug-likeness (QED) is 0.819. The van der Waals surface area contributed by atoms with Gasteiger partial charge < -0.3 is 10.2 Å². The SMILES string of the molecule is C[C@@H]1CCCN(CCCNC(=O)c2cncc(-c3cnn(C)c3)c2)C1. The highest BCUT2D eigenvalue weighted by Gasteiger charge is 2.15. The second-order valence-corrected chi connectivity index (χ2v) is 7.02. The van der Waals surface area contributed by atoms with Gasteiger partial charge in [0.1, 0.15) is 0 Å². The third-order valence-electron chi connectivity index (χ3n) is 4.72. The van der Waals surface area contributed by atoms with E-state index in [1.165, 1.54) is 25.9 Å². The molecule has 1 amide bonds. The molecule has 1 aliphatic rings. The molecule has 2 aromatic rings. The number of aromatic nitrogens is 3. The van der Waals surface area contributed by atoms with E-state index in [0.29, 0.717) is 12.1 Å². The summed E-state index contributed by atoms with van der Waals surface area (Å²) in [7, 11) is 1.87. The number of nitrogens with one attached hydrogen (secondary N) is 1. The average Bonchev–Trinajstić information content (AvgIpc) is 3.05. The van der Waals surface area contributed by atoms with Crippen LogP contribution in [0.5, 0.6) is 0 Å². The van der Waals surface area contributed by atoms with Crippen LogP contribution in [0.15, 0.2) is 30.9 Å². The number of pyridine rings is 1. The molecule has 134 valence electrons. The van der Waals surface area contributed by atoms with Crippen LogP contribution < -0.4 is 5.32 Å². The maximum absolute atomic E-state index is 12.4. The first kappa shape index (κ1) is 17.6. The van der Waals surface area contributed by atoms with Gasteiger partial charge in [0.2, 0.25) is 0 Å². The third-order valence-corrected chi connectivity index (χ3v) is 4.72. The van der Waals surface area contributed by atoms with Crippen LogP contribution in [0.4, 0.5) is 0 Å². The Kier molecular flexibility index (Phi) is 5.81. The predicted molar refractivity (Wildman–Crippen MR) is 98.2 cm³/mol. The third kappa shape index (κ3) is 4.89. The van der Waals surface area contributed by atoms with Crippen LogP contribution in [0.25, 0.3) is 11.1 Å². The molecule has 0 aromatic carbocycles. The fraction of sp³-hybridized carbons (Fsp3) is 0.526. The Balaban J connectivity index is 1.48. The van der Waals surface area contributed by atoms with E-state index in [9.17, 15) is 4.79 Å². The van der Waals surface area contributed by atoms with Crippen LogP contribution in [-0.2, 0) is 7.05 Å². The number of piperidine rings is 1. The number of aryl methyl sites for hydroxylation is 1. The first-order chi connectivity index (χ1) is 12.1. The van der Waals surface area contributed by atoms with Gasteiger partial charge in [-0.2, -0.15) is 5.10 Å². The van der Waals surface area contributed by atoms with Gasteiger partial charge in [-0.25, -0.2) is 0 Å². The summed E-state index contributed by atoms with van der Waals surface area (Å²) in [5, 5.41) is 7.17. The number of rotatable bonds is 6. The Morgan fingerprint density at radius 3 is 2.96 bits per heavy atom. The highest BCUT2D eigenvalue weighted by Crippen LogP contribution is 2.18. The van der Waals surface area contributed by atoms with Gasteiger partial charge in [0.05, 0.1) is 11.8 Å². The monoisotopic (exact) mass is 341 g/mol. The maximum Gasteiger partial charge on any atom is 0.252 e. The molecule has 0 aliphatic carbocycles. The van der Waals surface area contributed by atoms with Crippen LogP contribution in [-0.4, -0.2) is 51.8 Å². The van der Waals surface area contributed by atoms with Crippen LogP contribution in [0.1, 0.15) is 36.5 Å². The summed E-state index contributed by atoms with van der Waals surface area (Å²) in [6, 6.07) is 1.87. The van der Waals surface area contributed by atoms with Crippen molar-refractivity contribution in [3.05, 3.63) is 36.4 Å². The van der Waals surface area contributed by atoms with Crippen molar-refractivity contribution in [3.63, 3.8) is 0 Å². The molecule has 1 atom stereocenters.